The third-order valence-corrected chi connectivity index (χ3v) is 1.53. The van der Waals surface area contributed by atoms with Gasteiger partial charge in [0.25, 0.3) is 0 Å². The Morgan fingerprint density at radius 2 is 2.43 bits per heavy atom. The van der Waals surface area contributed by atoms with E-state index < -0.39 is 11.8 Å². The lowest BCUT2D eigenvalue weighted by atomic mass is 10.4. The van der Waals surface area contributed by atoms with Crippen molar-refractivity contribution >= 4 is 18.0 Å². The largest absolute Gasteiger partial charge is 0.460 e. The maximum Gasteiger partial charge on any atom is 0.383 e. The van der Waals surface area contributed by atoms with E-state index in [1.165, 1.54) is 23.2 Å². The van der Waals surface area contributed by atoms with E-state index in [2.05, 4.69) is 16.3 Å². The molecule has 1 heterocycles. The van der Waals surface area contributed by atoms with Crippen LogP contribution in [0.3, 0.4) is 0 Å². The molecule has 74 valence electrons. The molecule has 0 fully saturated rings. The second kappa shape index (κ2) is 4.36. The predicted molar refractivity (Wildman–Crippen MR) is 49.6 cm³/mol. The molecule has 0 bridgehead atoms. The Morgan fingerprint density at radius 1 is 1.71 bits per heavy atom. The molecule has 1 aromatic rings. The average molecular weight is 194 g/mol. The topological polar surface area (TPSA) is 61.2 Å². The smallest absolute Gasteiger partial charge is 0.383 e. The highest BCUT2D eigenvalue weighted by molar-refractivity contribution is 6.39. The second-order valence-corrected chi connectivity index (χ2v) is 2.39. The zero-order chi connectivity index (χ0) is 10.6. The van der Waals surface area contributed by atoms with E-state index >= 15 is 0 Å². The summed E-state index contributed by atoms with van der Waals surface area (Å²) >= 11 is 0. The molecule has 5 nitrogen and oxygen atoms in total. The van der Waals surface area contributed by atoms with Gasteiger partial charge in [-0.3, -0.25) is 4.79 Å². The van der Waals surface area contributed by atoms with Gasteiger partial charge in [-0.05, 0) is 6.92 Å². The van der Waals surface area contributed by atoms with Crippen molar-refractivity contribution in [2.45, 2.75) is 6.92 Å². The van der Waals surface area contributed by atoms with Crippen LogP contribution >= 0.6 is 0 Å². The summed E-state index contributed by atoms with van der Waals surface area (Å²) in [5, 5.41) is 0. The number of Topliss-reactive ketones (excluding diaryl/α,β-unsaturated/α-hetero) is 1. The van der Waals surface area contributed by atoms with E-state index in [0.717, 1.165) is 0 Å². The van der Waals surface area contributed by atoms with Crippen molar-refractivity contribution in [1.82, 2.24) is 9.55 Å². The highest BCUT2D eigenvalue weighted by Gasteiger charge is 2.21. The summed E-state index contributed by atoms with van der Waals surface area (Å²) in [6, 6.07) is 0. The number of imidazole rings is 1. The van der Waals surface area contributed by atoms with E-state index in [-0.39, 0.29) is 12.4 Å². The highest BCUT2D eigenvalue weighted by Crippen LogP contribution is 2.00. The monoisotopic (exact) mass is 194 g/mol. The Morgan fingerprint density at radius 3 is 3.00 bits per heavy atom. The van der Waals surface area contributed by atoms with Crippen molar-refractivity contribution in [1.29, 1.82) is 0 Å². The minimum absolute atomic E-state index is 0.0125. The average Bonchev–Trinajstić information content (AvgIpc) is 2.64. The second-order valence-electron chi connectivity index (χ2n) is 2.39. The maximum atomic E-state index is 11.4. The summed E-state index contributed by atoms with van der Waals surface area (Å²) in [5.41, 5.74) is 0. The van der Waals surface area contributed by atoms with Gasteiger partial charge >= 0.3 is 11.8 Å². The number of ether oxygens (including phenoxy) is 1. The molecule has 0 aromatic carbocycles. The number of hydrogen-bond donors (Lipinski definition) is 0. The van der Waals surface area contributed by atoms with E-state index in [1.807, 2.05) is 0 Å². The quantitative estimate of drug-likeness (QED) is 0.402. The van der Waals surface area contributed by atoms with E-state index in [9.17, 15) is 9.59 Å². The van der Waals surface area contributed by atoms with Gasteiger partial charge in [0, 0.05) is 18.6 Å². The Kier molecular flexibility index (Phi) is 3.17. The fourth-order valence-electron chi connectivity index (χ4n) is 0.924. The minimum atomic E-state index is -0.901. The van der Waals surface area contributed by atoms with Gasteiger partial charge in [0.15, 0.2) is 5.82 Å². The third-order valence-electron chi connectivity index (χ3n) is 1.53. The van der Waals surface area contributed by atoms with E-state index in [0.29, 0.717) is 0 Å². The first-order chi connectivity index (χ1) is 6.70. The number of rotatable bonds is 4. The molecule has 0 saturated carbocycles. The molecule has 5 heteroatoms. The molecule has 0 N–H and O–H groups in total. The molecule has 0 aliphatic rings. The van der Waals surface area contributed by atoms with Crippen LogP contribution in [-0.2, 0) is 9.53 Å². The standard InChI is InChI=1S/C9H10N2O3/c1-3-11-6-5-10-8(11)7(12)9(13)14-4-2/h3,5-6H,1,4H2,2H3. The predicted octanol–water partition coefficient (Wildman–Crippen LogP) is 0.729. The van der Waals surface area contributed by atoms with Crippen molar-refractivity contribution in [3.05, 3.63) is 24.8 Å². The number of ketones is 1. The molecule has 0 atom stereocenters. The molecule has 1 aromatic heterocycles. The molecular formula is C9H10N2O3. The molecule has 0 aliphatic heterocycles. The fourth-order valence-corrected chi connectivity index (χ4v) is 0.924. The van der Waals surface area contributed by atoms with Gasteiger partial charge in [-0.2, -0.15) is 0 Å². The van der Waals surface area contributed by atoms with Crippen molar-refractivity contribution in [3.63, 3.8) is 0 Å². The third kappa shape index (κ3) is 1.87. The number of hydrogen-bond acceptors (Lipinski definition) is 4. The van der Waals surface area contributed by atoms with Crippen molar-refractivity contribution in [2.24, 2.45) is 0 Å². The molecule has 0 radical (unpaired) electrons. The lowest BCUT2D eigenvalue weighted by molar-refractivity contribution is -0.137. The van der Waals surface area contributed by atoms with Gasteiger partial charge < -0.3 is 9.30 Å². The van der Waals surface area contributed by atoms with Crippen LogP contribution in [0, 0.1) is 0 Å². The number of aromatic nitrogens is 2. The zero-order valence-electron chi connectivity index (χ0n) is 7.77. The van der Waals surface area contributed by atoms with E-state index in [4.69, 9.17) is 0 Å². The number of carbonyl (C=O) groups is 2. The number of nitrogens with zero attached hydrogens (tertiary/aromatic N) is 2. The molecule has 14 heavy (non-hydrogen) atoms. The van der Waals surface area contributed by atoms with Crippen LogP contribution in [0.4, 0.5) is 0 Å². The Bertz CT molecular complexity index is 368. The van der Waals surface area contributed by atoms with Crippen LogP contribution in [-0.4, -0.2) is 27.9 Å². The minimum Gasteiger partial charge on any atom is -0.460 e. The zero-order valence-corrected chi connectivity index (χ0v) is 7.77. The number of esters is 1. The first kappa shape index (κ1) is 10.2. The normalized spacial score (nSPS) is 9.50. The van der Waals surface area contributed by atoms with Gasteiger partial charge in [-0.1, -0.05) is 6.58 Å². The van der Waals surface area contributed by atoms with Crippen molar-refractivity contribution in [2.75, 3.05) is 6.61 Å². The fraction of sp³-hybridized carbons (Fsp3) is 0.222. The highest BCUT2D eigenvalue weighted by atomic mass is 16.5. The summed E-state index contributed by atoms with van der Waals surface area (Å²) in [7, 11) is 0. The Labute approximate surface area is 81.0 Å². The van der Waals surface area contributed by atoms with Gasteiger partial charge in [0.1, 0.15) is 0 Å². The summed E-state index contributed by atoms with van der Waals surface area (Å²) in [5.74, 6) is -1.66. The first-order valence-electron chi connectivity index (χ1n) is 4.07. The molecular weight excluding hydrogens is 184 g/mol. The summed E-state index contributed by atoms with van der Waals surface area (Å²) < 4.78 is 5.91. The van der Waals surface area contributed by atoms with Gasteiger partial charge in [-0.25, -0.2) is 9.78 Å². The lowest BCUT2D eigenvalue weighted by Gasteiger charge is -2.00. The first-order valence-corrected chi connectivity index (χ1v) is 4.07. The van der Waals surface area contributed by atoms with Crippen LogP contribution < -0.4 is 0 Å². The summed E-state index contributed by atoms with van der Waals surface area (Å²) in [6.45, 7) is 5.27. The van der Waals surface area contributed by atoms with Crippen LogP contribution in [0.5, 0.6) is 0 Å². The molecule has 0 amide bonds. The molecule has 0 saturated heterocycles. The summed E-state index contributed by atoms with van der Waals surface area (Å²) in [4.78, 5) is 26.2. The van der Waals surface area contributed by atoms with Gasteiger partial charge in [0.05, 0.1) is 6.61 Å². The van der Waals surface area contributed by atoms with Gasteiger partial charge in [-0.15, -0.1) is 0 Å². The van der Waals surface area contributed by atoms with Gasteiger partial charge in [0.2, 0.25) is 0 Å². The molecule has 0 spiro atoms. The van der Waals surface area contributed by atoms with Crippen LogP contribution in [0.25, 0.3) is 6.20 Å². The van der Waals surface area contributed by atoms with E-state index in [1.54, 1.807) is 6.92 Å². The number of carbonyl (C=O) groups excluding carboxylic acids is 2. The molecule has 1 rings (SSSR count). The van der Waals surface area contributed by atoms with Crippen LogP contribution in [0.2, 0.25) is 0 Å². The van der Waals surface area contributed by atoms with Crippen molar-refractivity contribution in [3.8, 4) is 0 Å². The summed E-state index contributed by atoms with van der Waals surface area (Å²) in [6.07, 6.45) is 4.33. The van der Waals surface area contributed by atoms with Crippen molar-refractivity contribution < 1.29 is 14.3 Å². The lowest BCUT2D eigenvalue weighted by Crippen LogP contribution is -2.20. The SMILES string of the molecule is C=Cn1ccnc1C(=O)C(=O)OCC. The van der Waals surface area contributed by atoms with Crippen LogP contribution in [0.15, 0.2) is 19.0 Å². The molecule has 0 aliphatic carbocycles. The molecule has 0 unspecified atom stereocenters. The van der Waals surface area contributed by atoms with Crippen LogP contribution in [0.1, 0.15) is 17.5 Å². The Hall–Kier alpha value is -1.91. The Balaban J connectivity index is 2.89. The maximum absolute atomic E-state index is 11.4.